The van der Waals surface area contributed by atoms with Gasteiger partial charge in [0.05, 0.1) is 19.3 Å². The predicted octanol–water partition coefficient (Wildman–Crippen LogP) is 3.41. The first-order chi connectivity index (χ1) is 11.1. The molecule has 1 saturated carbocycles. The van der Waals surface area contributed by atoms with Gasteiger partial charge in [-0.05, 0) is 50.0 Å². The summed E-state index contributed by atoms with van der Waals surface area (Å²) < 4.78 is 16.1. The van der Waals surface area contributed by atoms with Gasteiger partial charge in [0.1, 0.15) is 0 Å². The summed E-state index contributed by atoms with van der Waals surface area (Å²) in [5.74, 6) is 2.46. The second-order valence-corrected chi connectivity index (χ2v) is 5.64. The van der Waals surface area contributed by atoms with Crippen LogP contribution >= 0.6 is 12.4 Å². The number of hydrogen-bond acceptors (Lipinski definition) is 6. The molecule has 1 heterocycles. The van der Waals surface area contributed by atoms with Crippen LogP contribution < -0.4 is 15.2 Å². The number of halogens is 1. The monoisotopic (exact) mass is 351 g/mol. The van der Waals surface area contributed by atoms with Crippen LogP contribution in [0.3, 0.4) is 0 Å². The lowest BCUT2D eigenvalue weighted by molar-refractivity contribution is 0.229. The van der Waals surface area contributed by atoms with Crippen molar-refractivity contribution in [2.45, 2.75) is 31.7 Å². The number of aromatic nitrogens is 2. The first-order valence-corrected chi connectivity index (χ1v) is 7.76. The maximum Gasteiger partial charge on any atom is 0.250 e. The Balaban J connectivity index is 0.00000208. The summed E-state index contributed by atoms with van der Waals surface area (Å²) >= 11 is 0. The van der Waals surface area contributed by atoms with Crippen molar-refractivity contribution in [2.75, 3.05) is 13.7 Å². The molecule has 2 N–H and O–H groups in total. The van der Waals surface area contributed by atoms with Crippen molar-refractivity contribution in [1.82, 2.24) is 10.1 Å². The Morgan fingerprint density at radius 1 is 1.29 bits per heavy atom. The highest BCUT2D eigenvalue weighted by atomic mass is 35.5. The molecule has 2 aromatic rings. The molecule has 1 aliphatic rings. The van der Waals surface area contributed by atoms with E-state index in [1.54, 1.807) is 13.2 Å². The largest absolute Gasteiger partial charge is 0.493 e. The van der Waals surface area contributed by atoms with E-state index in [1.807, 2.05) is 31.2 Å². The molecule has 0 aliphatic heterocycles. The molecule has 0 radical (unpaired) electrons. The second kappa shape index (κ2) is 7.68. The van der Waals surface area contributed by atoms with Gasteiger partial charge in [-0.25, -0.2) is 0 Å². The minimum Gasteiger partial charge on any atom is -0.493 e. The van der Waals surface area contributed by atoms with Crippen LogP contribution in [-0.2, 0) is 5.54 Å². The Labute approximate surface area is 147 Å². The summed E-state index contributed by atoms with van der Waals surface area (Å²) in [5, 5.41) is 3.99. The van der Waals surface area contributed by atoms with Crippen molar-refractivity contribution in [2.24, 2.45) is 5.73 Å². The van der Waals surface area contributed by atoms with E-state index in [2.05, 4.69) is 10.1 Å². The van der Waals surface area contributed by atoms with E-state index >= 15 is 0 Å². The van der Waals surface area contributed by atoms with Crippen LogP contribution in [-0.4, -0.2) is 23.9 Å². The zero-order chi connectivity index (χ0) is 16.3. The molecule has 0 unspecified atom stereocenters. The molecule has 24 heavy (non-hydrogen) atoms. The molecule has 0 spiro atoms. The first-order valence-electron chi connectivity index (χ1n) is 7.76. The molecule has 0 saturated heterocycles. The van der Waals surface area contributed by atoms with E-state index in [1.165, 1.54) is 0 Å². The van der Waals surface area contributed by atoms with E-state index in [0.29, 0.717) is 29.8 Å². The standard InChI is InChI=1S/C17H21N3O3.ClH/c1-3-22-14-11-12(5-7-13(14)21-2)6-8-15-19-16(20-23-15)17(18)9-4-10-17;/h5-8,11H,3-4,9-10,18H2,1-2H3;1H/b8-6+;. The highest BCUT2D eigenvalue weighted by Gasteiger charge is 2.38. The van der Waals surface area contributed by atoms with Gasteiger partial charge in [-0.1, -0.05) is 11.2 Å². The SMILES string of the molecule is CCOc1cc(/C=C/c2nc(C3(N)CCC3)no2)ccc1OC.Cl. The Kier molecular flexibility index (Phi) is 5.85. The van der Waals surface area contributed by atoms with Crippen LogP contribution in [0.25, 0.3) is 12.2 Å². The Morgan fingerprint density at radius 3 is 2.71 bits per heavy atom. The van der Waals surface area contributed by atoms with Crippen molar-refractivity contribution in [3.63, 3.8) is 0 Å². The normalized spacial score (nSPS) is 15.6. The minimum atomic E-state index is -0.405. The van der Waals surface area contributed by atoms with Gasteiger partial charge in [-0.3, -0.25) is 0 Å². The molecule has 0 atom stereocenters. The summed E-state index contributed by atoms with van der Waals surface area (Å²) in [5.41, 5.74) is 6.74. The van der Waals surface area contributed by atoms with E-state index in [-0.39, 0.29) is 12.4 Å². The predicted molar refractivity (Wildman–Crippen MR) is 94.4 cm³/mol. The van der Waals surface area contributed by atoms with E-state index in [4.69, 9.17) is 19.7 Å². The zero-order valence-electron chi connectivity index (χ0n) is 13.8. The van der Waals surface area contributed by atoms with Crippen molar-refractivity contribution in [3.05, 3.63) is 35.5 Å². The maximum atomic E-state index is 6.19. The highest BCUT2D eigenvalue weighted by molar-refractivity contribution is 5.85. The Bertz CT molecular complexity index is 711. The maximum absolute atomic E-state index is 6.19. The van der Waals surface area contributed by atoms with Crippen LogP contribution in [0.4, 0.5) is 0 Å². The molecule has 1 aromatic carbocycles. The summed E-state index contributed by atoms with van der Waals surface area (Å²) in [6.07, 6.45) is 6.60. The fourth-order valence-corrected chi connectivity index (χ4v) is 2.52. The fourth-order valence-electron chi connectivity index (χ4n) is 2.52. The van der Waals surface area contributed by atoms with Crippen LogP contribution in [0.5, 0.6) is 11.5 Å². The first kappa shape index (κ1) is 18.3. The molecular weight excluding hydrogens is 330 g/mol. The number of rotatable bonds is 6. The number of nitrogens with zero attached hydrogens (tertiary/aromatic N) is 2. The summed E-state index contributed by atoms with van der Waals surface area (Å²) in [6.45, 7) is 2.51. The number of hydrogen-bond donors (Lipinski definition) is 1. The van der Waals surface area contributed by atoms with Gasteiger partial charge in [0.25, 0.3) is 5.89 Å². The average molecular weight is 352 g/mol. The van der Waals surface area contributed by atoms with Crippen molar-refractivity contribution >= 4 is 24.6 Å². The fraction of sp³-hybridized carbons (Fsp3) is 0.412. The molecule has 130 valence electrons. The highest BCUT2D eigenvalue weighted by Crippen LogP contribution is 2.37. The summed E-state index contributed by atoms with van der Waals surface area (Å²) in [7, 11) is 1.62. The Hall–Kier alpha value is -2.05. The zero-order valence-corrected chi connectivity index (χ0v) is 14.6. The second-order valence-electron chi connectivity index (χ2n) is 5.64. The average Bonchev–Trinajstić information content (AvgIpc) is 3.00. The van der Waals surface area contributed by atoms with Crippen LogP contribution in [0.2, 0.25) is 0 Å². The van der Waals surface area contributed by atoms with E-state index < -0.39 is 5.54 Å². The van der Waals surface area contributed by atoms with Gasteiger partial charge in [-0.15, -0.1) is 12.4 Å². The van der Waals surface area contributed by atoms with Gasteiger partial charge in [0, 0.05) is 6.08 Å². The van der Waals surface area contributed by atoms with Gasteiger partial charge in [-0.2, -0.15) is 4.98 Å². The molecule has 1 aromatic heterocycles. The molecule has 6 nitrogen and oxygen atoms in total. The lowest BCUT2D eigenvalue weighted by Gasteiger charge is -2.34. The number of nitrogens with two attached hydrogens (primary N) is 1. The van der Waals surface area contributed by atoms with Gasteiger partial charge in [0.15, 0.2) is 17.3 Å². The number of methoxy groups -OCH3 is 1. The van der Waals surface area contributed by atoms with Crippen molar-refractivity contribution < 1.29 is 14.0 Å². The van der Waals surface area contributed by atoms with Gasteiger partial charge >= 0.3 is 0 Å². The van der Waals surface area contributed by atoms with E-state index in [0.717, 1.165) is 24.8 Å². The smallest absolute Gasteiger partial charge is 0.250 e. The molecule has 1 aliphatic carbocycles. The number of ether oxygens (including phenoxy) is 2. The molecule has 0 amide bonds. The van der Waals surface area contributed by atoms with Crippen LogP contribution in [0, 0.1) is 0 Å². The topological polar surface area (TPSA) is 83.4 Å². The molecule has 1 fully saturated rings. The van der Waals surface area contributed by atoms with E-state index in [9.17, 15) is 0 Å². The third kappa shape index (κ3) is 3.71. The third-order valence-electron chi connectivity index (χ3n) is 4.04. The lowest BCUT2D eigenvalue weighted by Crippen LogP contribution is -2.44. The summed E-state index contributed by atoms with van der Waals surface area (Å²) in [4.78, 5) is 4.37. The van der Waals surface area contributed by atoms with Crippen LogP contribution in [0.1, 0.15) is 43.5 Å². The quantitative estimate of drug-likeness (QED) is 0.858. The van der Waals surface area contributed by atoms with Gasteiger partial charge in [0.2, 0.25) is 0 Å². The molecule has 7 heteroatoms. The lowest BCUT2D eigenvalue weighted by atomic mass is 9.77. The summed E-state index contributed by atoms with van der Waals surface area (Å²) in [6, 6.07) is 5.71. The van der Waals surface area contributed by atoms with Crippen molar-refractivity contribution in [3.8, 4) is 11.5 Å². The molecule has 0 bridgehead atoms. The Morgan fingerprint density at radius 2 is 2.08 bits per heavy atom. The van der Waals surface area contributed by atoms with Crippen molar-refractivity contribution in [1.29, 1.82) is 0 Å². The number of benzene rings is 1. The molecular formula is C17H22ClN3O3. The minimum absolute atomic E-state index is 0. The molecule has 3 rings (SSSR count). The third-order valence-corrected chi connectivity index (χ3v) is 4.04. The van der Waals surface area contributed by atoms with Crippen LogP contribution in [0.15, 0.2) is 22.7 Å². The van der Waals surface area contributed by atoms with Gasteiger partial charge < -0.3 is 19.7 Å².